The number of aromatic nitrogens is 1. The van der Waals surface area contributed by atoms with Gasteiger partial charge < -0.3 is 0 Å². The Morgan fingerprint density at radius 2 is 2.25 bits per heavy atom. The standard InChI is InChI=1S/C12H16Br2N2/c13-7-12-3-1-2-6-16(12)9-11-5-4-10(14)8-15-11/h4-5,8,12H,1-3,6-7,9H2. The van der Waals surface area contributed by atoms with E-state index in [1.165, 1.54) is 25.8 Å². The van der Waals surface area contributed by atoms with Crippen molar-refractivity contribution in [1.29, 1.82) is 0 Å². The largest absolute Gasteiger partial charge is 0.294 e. The molecule has 0 amide bonds. The van der Waals surface area contributed by atoms with E-state index in [1.807, 2.05) is 6.20 Å². The summed E-state index contributed by atoms with van der Waals surface area (Å²) in [5.41, 5.74) is 1.16. The zero-order valence-corrected chi connectivity index (χ0v) is 12.4. The van der Waals surface area contributed by atoms with Crippen molar-refractivity contribution in [2.75, 3.05) is 11.9 Å². The minimum absolute atomic E-state index is 0.680. The number of rotatable bonds is 3. The monoisotopic (exact) mass is 346 g/mol. The number of halogens is 2. The van der Waals surface area contributed by atoms with Crippen molar-refractivity contribution in [3.8, 4) is 0 Å². The van der Waals surface area contributed by atoms with Gasteiger partial charge in [0.05, 0.1) is 5.69 Å². The molecule has 0 aromatic carbocycles. The van der Waals surface area contributed by atoms with E-state index in [4.69, 9.17) is 0 Å². The van der Waals surface area contributed by atoms with Crippen molar-refractivity contribution in [3.05, 3.63) is 28.5 Å². The van der Waals surface area contributed by atoms with Crippen LogP contribution in [-0.4, -0.2) is 27.8 Å². The molecule has 16 heavy (non-hydrogen) atoms. The van der Waals surface area contributed by atoms with Gasteiger partial charge in [0.2, 0.25) is 0 Å². The van der Waals surface area contributed by atoms with Crippen LogP contribution in [-0.2, 0) is 6.54 Å². The summed E-state index contributed by atoms with van der Waals surface area (Å²) in [6.07, 6.45) is 5.87. The Morgan fingerprint density at radius 3 is 2.94 bits per heavy atom. The first kappa shape index (κ1) is 12.5. The third-order valence-corrected chi connectivity index (χ3v) is 4.30. The van der Waals surface area contributed by atoms with Crippen molar-refractivity contribution in [1.82, 2.24) is 9.88 Å². The van der Waals surface area contributed by atoms with Crippen molar-refractivity contribution in [3.63, 3.8) is 0 Å². The van der Waals surface area contributed by atoms with Crippen LogP contribution in [0, 0.1) is 0 Å². The molecule has 1 saturated heterocycles. The van der Waals surface area contributed by atoms with E-state index < -0.39 is 0 Å². The number of hydrogen-bond donors (Lipinski definition) is 0. The molecule has 1 unspecified atom stereocenters. The molecule has 0 N–H and O–H groups in total. The van der Waals surface area contributed by atoms with E-state index in [-0.39, 0.29) is 0 Å². The van der Waals surface area contributed by atoms with E-state index in [2.05, 4.69) is 53.9 Å². The van der Waals surface area contributed by atoms with Gasteiger partial charge in [0.1, 0.15) is 0 Å². The fraction of sp³-hybridized carbons (Fsp3) is 0.583. The molecule has 2 rings (SSSR count). The SMILES string of the molecule is BrCC1CCCCN1Cc1ccc(Br)cn1. The second-order valence-corrected chi connectivity index (χ2v) is 5.81. The van der Waals surface area contributed by atoms with Gasteiger partial charge in [-0.2, -0.15) is 0 Å². The Kier molecular flexibility index (Phi) is 4.79. The summed E-state index contributed by atoms with van der Waals surface area (Å²) >= 11 is 7.02. The first-order valence-electron chi connectivity index (χ1n) is 5.70. The molecule has 1 aromatic heterocycles. The highest BCUT2D eigenvalue weighted by molar-refractivity contribution is 9.10. The summed E-state index contributed by atoms with van der Waals surface area (Å²) < 4.78 is 1.05. The van der Waals surface area contributed by atoms with Crippen LogP contribution >= 0.6 is 31.9 Å². The molecule has 0 spiro atoms. The maximum atomic E-state index is 4.44. The summed E-state index contributed by atoms with van der Waals surface area (Å²) in [5.74, 6) is 0. The van der Waals surface area contributed by atoms with Crippen molar-refractivity contribution < 1.29 is 0 Å². The van der Waals surface area contributed by atoms with Gasteiger partial charge in [-0.15, -0.1) is 0 Å². The average Bonchev–Trinajstić information content (AvgIpc) is 2.33. The lowest BCUT2D eigenvalue weighted by Crippen LogP contribution is -2.40. The summed E-state index contributed by atoms with van der Waals surface area (Å²) in [6.45, 7) is 2.18. The lowest BCUT2D eigenvalue weighted by molar-refractivity contribution is 0.155. The van der Waals surface area contributed by atoms with Crippen LogP contribution in [0.1, 0.15) is 25.0 Å². The van der Waals surface area contributed by atoms with Crippen LogP contribution in [0.5, 0.6) is 0 Å². The maximum absolute atomic E-state index is 4.44. The Labute approximate surface area is 114 Å². The van der Waals surface area contributed by atoms with Crippen LogP contribution in [0.15, 0.2) is 22.8 Å². The molecule has 2 nitrogen and oxygen atoms in total. The van der Waals surface area contributed by atoms with Crippen molar-refractivity contribution >= 4 is 31.9 Å². The van der Waals surface area contributed by atoms with Crippen LogP contribution in [0.25, 0.3) is 0 Å². The smallest absolute Gasteiger partial charge is 0.0544 e. The van der Waals surface area contributed by atoms with Gasteiger partial charge >= 0.3 is 0 Å². The van der Waals surface area contributed by atoms with Gasteiger partial charge in [-0.1, -0.05) is 22.4 Å². The number of piperidine rings is 1. The van der Waals surface area contributed by atoms with Crippen molar-refractivity contribution in [2.45, 2.75) is 31.8 Å². The lowest BCUT2D eigenvalue weighted by Gasteiger charge is -2.34. The zero-order valence-electron chi connectivity index (χ0n) is 9.20. The van der Waals surface area contributed by atoms with E-state index in [0.717, 1.165) is 22.0 Å². The molecule has 0 saturated carbocycles. The number of nitrogens with zero attached hydrogens (tertiary/aromatic N) is 2. The number of pyridine rings is 1. The highest BCUT2D eigenvalue weighted by Gasteiger charge is 2.21. The summed E-state index contributed by atoms with van der Waals surface area (Å²) in [5, 5.41) is 1.07. The van der Waals surface area contributed by atoms with Gasteiger partial charge in [0, 0.05) is 28.6 Å². The predicted molar refractivity (Wildman–Crippen MR) is 73.8 cm³/mol. The highest BCUT2D eigenvalue weighted by Crippen LogP contribution is 2.20. The van der Waals surface area contributed by atoms with Crippen LogP contribution in [0.4, 0.5) is 0 Å². The van der Waals surface area contributed by atoms with Crippen molar-refractivity contribution in [2.24, 2.45) is 0 Å². The molecule has 0 aliphatic carbocycles. The van der Waals surface area contributed by atoms with E-state index in [9.17, 15) is 0 Å². The third kappa shape index (κ3) is 3.28. The van der Waals surface area contributed by atoms with Gasteiger partial charge in [-0.3, -0.25) is 9.88 Å². The molecule has 1 fully saturated rings. The molecular formula is C12H16Br2N2. The van der Waals surface area contributed by atoms with E-state index in [1.54, 1.807) is 0 Å². The molecular weight excluding hydrogens is 332 g/mol. The van der Waals surface area contributed by atoms with Gasteiger partial charge in [-0.05, 0) is 47.4 Å². The first-order valence-corrected chi connectivity index (χ1v) is 7.61. The second-order valence-electron chi connectivity index (χ2n) is 4.24. The normalized spacial score (nSPS) is 22.2. The fourth-order valence-corrected chi connectivity index (χ4v) is 3.12. The molecule has 1 aliphatic heterocycles. The first-order chi connectivity index (χ1) is 7.79. The Hall–Kier alpha value is 0.0700. The summed E-state index contributed by atoms with van der Waals surface area (Å²) in [7, 11) is 0. The Morgan fingerprint density at radius 1 is 1.38 bits per heavy atom. The summed E-state index contributed by atoms with van der Waals surface area (Å²) in [6, 6.07) is 4.85. The van der Waals surface area contributed by atoms with E-state index >= 15 is 0 Å². The molecule has 1 aliphatic rings. The highest BCUT2D eigenvalue weighted by atomic mass is 79.9. The Balaban J connectivity index is 1.99. The third-order valence-electron chi connectivity index (χ3n) is 3.08. The predicted octanol–water partition coefficient (Wildman–Crippen LogP) is 3.59. The lowest BCUT2D eigenvalue weighted by atomic mass is 10.0. The van der Waals surface area contributed by atoms with Crippen LogP contribution in [0.2, 0.25) is 0 Å². The van der Waals surface area contributed by atoms with E-state index in [0.29, 0.717) is 6.04 Å². The topological polar surface area (TPSA) is 16.1 Å². The van der Waals surface area contributed by atoms with Gasteiger partial charge in [0.25, 0.3) is 0 Å². The molecule has 4 heteroatoms. The fourth-order valence-electron chi connectivity index (χ4n) is 2.15. The minimum atomic E-state index is 0.680. The molecule has 88 valence electrons. The second kappa shape index (κ2) is 6.12. The number of likely N-dealkylation sites (tertiary alicyclic amines) is 1. The zero-order chi connectivity index (χ0) is 11.4. The van der Waals surface area contributed by atoms with Gasteiger partial charge in [-0.25, -0.2) is 0 Å². The van der Waals surface area contributed by atoms with Crippen LogP contribution in [0.3, 0.4) is 0 Å². The van der Waals surface area contributed by atoms with Crippen LogP contribution < -0.4 is 0 Å². The number of alkyl halides is 1. The minimum Gasteiger partial charge on any atom is -0.294 e. The number of hydrogen-bond acceptors (Lipinski definition) is 2. The quantitative estimate of drug-likeness (QED) is 0.777. The molecule has 2 heterocycles. The maximum Gasteiger partial charge on any atom is 0.0544 e. The summed E-state index contributed by atoms with van der Waals surface area (Å²) in [4.78, 5) is 6.97. The molecule has 0 bridgehead atoms. The molecule has 0 radical (unpaired) electrons. The molecule has 1 atom stereocenters. The average molecular weight is 348 g/mol. The molecule has 1 aromatic rings. The Bertz CT molecular complexity index is 326. The van der Waals surface area contributed by atoms with Gasteiger partial charge in [0.15, 0.2) is 0 Å².